The van der Waals surface area contributed by atoms with Crippen molar-refractivity contribution in [3.05, 3.63) is 0 Å². The van der Waals surface area contributed by atoms with Crippen LogP contribution in [-0.2, 0) is 4.79 Å². The van der Waals surface area contributed by atoms with Crippen molar-refractivity contribution in [1.82, 2.24) is 15.5 Å². The minimum atomic E-state index is 0. The van der Waals surface area contributed by atoms with Crippen LogP contribution in [0.15, 0.2) is 0 Å². The van der Waals surface area contributed by atoms with Gasteiger partial charge in [0.25, 0.3) is 0 Å². The van der Waals surface area contributed by atoms with Crippen LogP contribution < -0.4 is 10.6 Å². The van der Waals surface area contributed by atoms with Gasteiger partial charge in [-0.05, 0) is 52.4 Å². The average Bonchev–Trinajstić information content (AvgIpc) is 2.88. The number of halogens is 2. The molecule has 0 aromatic carbocycles. The lowest BCUT2D eigenvalue weighted by Crippen LogP contribution is -2.38. The fourth-order valence-electron chi connectivity index (χ4n) is 2.47. The predicted molar refractivity (Wildman–Crippen MR) is 90.1 cm³/mol. The van der Waals surface area contributed by atoms with E-state index in [1.54, 1.807) is 0 Å². The van der Waals surface area contributed by atoms with Crippen LogP contribution >= 0.6 is 24.8 Å². The molecule has 20 heavy (non-hydrogen) atoms. The normalized spacial score (nSPS) is 19.1. The molecule has 2 atom stereocenters. The largest absolute Gasteiger partial charge is 0.353 e. The van der Waals surface area contributed by atoms with Gasteiger partial charge < -0.3 is 15.5 Å². The van der Waals surface area contributed by atoms with Gasteiger partial charge in [0.1, 0.15) is 0 Å². The highest BCUT2D eigenvalue weighted by Gasteiger charge is 2.23. The molecule has 6 heteroatoms. The Balaban J connectivity index is 0. The summed E-state index contributed by atoms with van der Waals surface area (Å²) < 4.78 is 0. The topological polar surface area (TPSA) is 44.4 Å². The van der Waals surface area contributed by atoms with Crippen LogP contribution in [0.2, 0.25) is 0 Å². The number of hydrogen-bond acceptors (Lipinski definition) is 3. The van der Waals surface area contributed by atoms with Crippen LogP contribution in [0.3, 0.4) is 0 Å². The van der Waals surface area contributed by atoms with E-state index in [2.05, 4.69) is 36.3 Å². The molecule has 1 rings (SSSR count). The molecule has 0 aromatic heterocycles. The molecule has 1 amide bonds. The van der Waals surface area contributed by atoms with Gasteiger partial charge in [0.15, 0.2) is 0 Å². The summed E-state index contributed by atoms with van der Waals surface area (Å²) in [5.74, 6) is 0.422. The number of hydrogen-bond donors (Lipinski definition) is 2. The molecule has 0 bridgehead atoms. The van der Waals surface area contributed by atoms with Gasteiger partial charge in [-0.2, -0.15) is 0 Å². The second-order valence-corrected chi connectivity index (χ2v) is 5.27. The highest BCUT2D eigenvalue weighted by atomic mass is 35.5. The first-order valence-corrected chi connectivity index (χ1v) is 7.40. The van der Waals surface area contributed by atoms with Crippen LogP contribution in [0.25, 0.3) is 0 Å². The summed E-state index contributed by atoms with van der Waals surface area (Å²) in [6, 6.07) is 0.300. The fraction of sp³-hybridized carbons (Fsp3) is 0.929. The third kappa shape index (κ3) is 8.30. The molecule has 2 unspecified atom stereocenters. The van der Waals surface area contributed by atoms with E-state index in [1.807, 2.05) is 0 Å². The molecular formula is C14H31Cl2N3O. The maximum atomic E-state index is 11.9. The highest BCUT2D eigenvalue weighted by Crippen LogP contribution is 2.08. The summed E-state index contributed by atoms with van der Waals surface area (Å²) in [6.07, 6.45) is 3.21. The predicted octanol–water partition coefficient (Wildman–Crippen LogP) is 2.07. The molecule has 0 radical (unpaired) electrons. The number of amides is 1. The van der Waals surface area contributed by atoms with E-state index >= 15 is 0 Å². The van der Waals surface area contributed by atoms with Crippen LogP contribution in [0.4, 0.5) is 0 Å². The maximum Gasteiger partial charge on any atom is 0.224 e. The summed E-state index contributed by atoms with van der Waals surface area (Å²) in [7, 11) is 0. The number of nitrogens with zero attached hydrogens (tertiary/aromatic N) is 1. The van der Waals surface area contributed by atoms with Gasteiger partial charge in [0, 0.05) is 12.6 Å². The Hall–Kier alpha value is -0.0300. The minimum Gasteiger partial charge on any atom is -0.353 e. The summed E-state index contributed by atoms with van der Waals surface area (Å²) >= 11 is 0. The Labute approximate surface area is 136 Å². The van der Waals surface area contributed by atoms with Crippen molar-refractivity contribution in [2.45, 2.75) is 46.1 Å². The molecule has 122 valence electrons. The van der Waals surface area contributed by atoms with Gasteiger partial charge in [0.05, 0.1) is 5.92 Å². The first kappa shape index (κ1) is 22.3. The summed E-state index contributed by atoms with van der Waals surface area (Å²) in [5, 5.41) is 6.37. The summed E-state index contributed by atoms with van der Waals surface area (Å²) in [6.45, 7) is 11.7. The zero-order valence-corrected chi connectivity index (χ0v) is 14.6. The van der Waals surface area contributed by atoms with E-state index in [0.29, 0.717) is 6.04 Å². The lowest BCUT2D eigenvalue weighted by molar-refractivity contribution is -0.125. The molecule has 1 aliphatic heterocycles. The zero-order chi connectivity index (χ0) is 13.4. The number of carbonyl (C=O) groups is 1. The van der Waals surface area contributed by atoms with Crippen LogP contribution in [0.5, 0.6) is 0 Å². The van der Waals surface area contributed by atoms with E-state index in [4.69, 9.17) is 0 Å². The molecule has 1 aliphatic rings. The van der Waals surface area contributed by atoms with Crippen LogP contribution in [0, 0.1) is 5.92 Å². The third-order valence-corrected chi connectivity index (χ3v) is 3.83. The van der Waals surface area contributed by atoms with Gasteiger partial charge in [-0.3, -0.25) is 4.79 Å². The van der Waals surface area contributed by atoms with Crippen molar-refractivity contribution in [1.29, 1.82) is 0 Å². The van der Waals surface area contributed by atoms with Gasteiger partial charge in [0.2, 0.25) is 5.91 Å². The molecule has 0 saturated carbocycles. The van der Waals surface area contributed by atoms with Gasteiger partial charge >= 0.3 is 0 Å². The molecule has 0 aromatic rings. The van der Waals surface area contributed by atoms with Gasteiger partial charge in [-0.15, -0.1) is 24.8 Å². The minimum absolute atomic E-state index is 0. The quantitative estimate of drug-likeness (QED) is 0.717. The van der Waals surface area contributed by atoms with E-state index in [1.165, 1.54) is 0 Å². The highest BCUT2D eigenvalue weighted by molar-refractivity contribution is 5.85. The van der Waals surface area contributed by atoms with Crippen LogP contribution in [-0.4, -0.2) is 49.6 Å². The SMILES string of the molecule is CCN(CC)CCCC(C)NC(=O)C1CCNC1.Cl.Cl. The Bertz CT molecular complexity index is 245. The fourth-order valence-corrected chi connectivity index (χ4v) is 2.47. The molecular weight excluding hydrogens is 297 g/mol. The van der Waals surface area contributed by atoms with Crippen LogP contribution in [0.1, 0.15) is 40.0 Å². The standard InChI is InChI=1S/C14H29N3O.2ClH/c1-4-17(5-2)10-6-7-12(3)16-14(18)13-8-9-15-11-13;;/h12-13,15H,4-11H2,1-3H3,(H,16,18);2*1H. The van der Waals surface area contributed by atoms with Crippen molar-refractivity contribution >= 4 is 30.7 Å². The molecule has 1 saturated heterocycles. The molecule has 2 N–H and O–H groups in total. The second-order valence-electron chi connectivity index (χ2n) is 5.27. The number of carbonyl (C=O) groups excluding carboxylic acids is 1. The molecule has 0 aliphatic carbocycles. The van der Waals surface area contributed by atoms with Crippen molar-refractivity contribution in [3.63, 3.8) is 0 Å². The third-order valence-electron chi connectivity index (χ3n) is 3.83. The molecule has 1 heterocycles. The van der Waals surface area contributed by atoms with Gasteiger partial charge in [-0.25, -0.2) is 0 Å². The summed E-state index contributed by atoms with van der Waals surface area (Å²) in [4.78, 5) is 14.3. The van der Waals surface area contributed by atoms with E-state index < -0.39 is 0 Å². The summed E-state index contributed by atoms with van der Waals surface area (Å²) in [5.41, 5.74) is 0. The van der Waals surface area contributed by atoms with Crippen molar-refractivity contribution in [3.8, 4) is 0 Å². The van der Waals surface area contributed by atoms with Crippen molar-refractivity contribution in [2.75, 3.05) is 32.7 Å². The van der Waals surface area contributed by atoms with Crippen molar-refractivity contribution in [2.24, 2.45) is 5.92 Å². The first-order chi connectivity index (χ1) is 8.67. The Morgan fingerprint density at radius 3 is 2.50 bits per heavy atom. The van der Waals surface area contributed by atoms with Crippen molar-refractivity contribution < 1.29 is 4.79 Å². The Morgan fingerprint density at radius 2 is 2.00 bits per heavy atom. The van der Waals surface area contributed by atoms with E-state index in [-0.39, 0.29) is 36.6 Å². The average molecular weight is 328 g/mol. The van der Waals surface area contributed by atoms with Gasteiger partial charge in [-0.1, -0.05) is 13.8 Å². The smallest absolute Gasteiger partial charge is 0.224 e. The zero-order valence-electron chi connectivity index (χ0n) is 13.0. The lowest BCUT2D eigenvalue weighted by Gasteiger charge is -2.20. The molecule has 1 fully saturated rings. The Morgan fingerprint density at radius 1 is 1.35 bits per heavy atom. The van der Waals surface area contributed by atoms with E-state index in [9.17, 15) is 4.79 Å². The molecule has 0 spiro atoms. The monoisotopic (exact) mass is 327 g/mol. The Kier molecular flexibility index (Phi) is 14.1. The number of rotatable bonds is 8. The first-order valence-electron chi connectivity index (χ1n) is 7.40. The lowest BCUT2D eigenvalue weighted by atomic mass is 10.1. The second kappa shape index (κ2) is 12.7. The van der Waals surface area contributed by atoms with E-state index in [0.717, 1.165) is 52.0 Å². The molecule has 4 nitrogen and oxygen atoms in total. The maximum absolute atomic E-state index is 11.9. The number of nitrogens with one attached hydrogen (secondary N) is 2.